The smallest absolute Gasteiger partial charge is 0.113 e. The zero-order chi connectivity index (χ0) is 10.6. The summed E-state index contributed by atoms with van der Waals surface area (Å²) in [6.45, 7) is 6.90. The van der Waals surface area contributed by atoms with Gasteiger partial charge in [-0.3, -0.25) is 5.32 Å². The third kappa shape index (κ3) is 3.95. The van der Waals surface area contributed by atoms with Gasteiger partial charge in [-0.05, 0) is 26.7 Å². The molecular weight excluding hydrogens is 178 g/mol. The summed E-state index contributed by atoms with van der Waals surface area (Å²) >= 11 is 0. The molecule has 0 aromatic rings. The Morgan fingerprint density at radius 3 is 2.79 bits per heavy atom. The summed E-state index contributed by atoms with van der Waals surface area (Å²) in [7, 11) is 0. The SMILES string of the molecule is CCCC[C@@H](O)C[C@H]1COC(C)(C)N1. The van der Waals surface area contributed by atoms with Gasteiger partial charge in [0.2, 0.25) is 0 Å². The summed E-state index contributed by atoms with van der Waals surface area (Å²) in [5.41, 5.74) is -0.213. The number of hydrogen-bond donors (Lipinski definition) is 2. The Morgan fingerprint density at radius 1 is 1.57 bits per heavy atom. The van der Waals surface area contributed by atoms with Crippen molar-refractivity contribution in [3.05, 3.63) is 0 Å². The van der Waals surface area contributed by atoms with E-state index in [1.807, 2.05) is 13.8 Å². The Labute approximate surface area is 86.8 Å². The van der Waals surface area contributed by atoms with Crippen molar-refractivity contribution in [3.63, 3.8) is 0 Å². The van der Waals surface area contributed by atoms with Crippen LogP contribution < -0.4 is 5.32 Å². The minimum atomic E-state index is -0.213. The molecule has 0 unspecified atom stereocenters. The Kier molecular flexibility index (Phi) is 4.35. The predicted octanol–water partition coefficient (Wildman–Crippen LogP) is 1.65. The van der Waals surface area contributed by atoms with E-state index in [0.717, 1.165) is 32.3 Å². The Bertz CT molecular complexity index is 171. The second kappa shape index (κ2) is 5.10. The van der Waals surface area contributed by atoms with Crippen LogP contribution in [-0.4, -0.2) is 29.6 Å². The van der Waals surface area contributed by atoms with Crippen LogP contribution in [0.1, 0.15) is 46.5 Å². The fourth-order valence-electron chi connectivity index (χ4n) is 1.90. The molecule has 0 aliphatic carbocycles. The van der Waals surface area contributed by atoms with E-state index in [-0.39, 0.29) is 11.8 Å². The van der Waals surface area contributed by atoms with Crippen molar-refractivity contribution in [2.75, 3.05) is 6.61 Å². The molecule has 14 heavy (non-hydrogen) atoms. The Balaban J connectivity index is 2.18. The lowest BCUT2D eigenvalue weighted by Crippen LogP contribution is -2.39. The molecular formula is C11H23NO2. The maximum Gasteiger partial charge on any atom is 0.113 e. The van der Waals surface area contributed by atoms with Crippen LogP contribution in [0.25, 0.3) is 0 Å². The van der Waals surface area contributed by atoms with Crippen LogP contribution in [0.15, 0.2) is 0 Å². The van der Waals surface area contributed by atoms with Gasteiger partial charge in [0.1, 0.15) is 5.72 Å². The summed E-state index contributed by atoms with van der Waals surface area (Å²) in [4.78, 5) is 0. The number of rotatable bonds is 5. The first-order valence-electron chi connectivity index (χ1n) is 5.63. The highest BCUT2D eigenvalue weighted by atomic mass is 16.5. The number of unbranched alkanes of at least 4 members (excludes halogenated alkanes) is 1. The summed E-state index contributed by atoms with van der Waals surface area (Å²) in [5.74, 6) is 0. The second-order valence-electron chi connectivity index (χ2n) is 4.69. The van der Waals surface area contributed by atoms with Gasteiger partial charge in [0.15, 0.2) is 0 Å². The lowest BCUT2D eigenvalue weighted by atomic mass is 10.0. The van der Waals surface area contributed by atoms with Crippen LogP contribution in [0, 0.1) is 0 Å². The molecule has 0 spiro atoms. The van der Waals surface area contributed by atoms with Gasteiger partial charge < -0.3 is 9.84 Å². The molecule has 0 aromatic heterocycles. The van der Waals surface area contributed by atoms with E-state index in [4.69, 9.17) is 4.74 Å². The van der Waals surface area contributed by atoms with E-state index in [2.05, 4.69) is 12.2 Å². The topological polar surface area (TPSA) is 41.5 Å². The van der Waals surface area contributed by atoms with Crippen molar-refractivity contribution in [2.45, 2.75) is 64.3 Å². The standard InChI is InChI=1S/C11H23NO2/c1-4-5-6-10(13)7-9-8-14-11(2,3)12-9/h9-10,12-13H,4-8H2,1-3H3/t9-,10+/m0/s1. The largest absolute Gasteiger partial charge is 0.393 e. The zero-order valence-electron chi connectivity index (χ0n) is 9.55. The van der Waals surface area contributed by atoms with E-state index in [9.17, 15) is 5.11 Å². The number of hydrogen-bond acceptors (Lipinski definition) is 3. The molecule has 2 atom stereocenters. The van der Waals surface area contributed by atoms with Crippen LogP contribution in [0.5, 0.6) is 0 Å². The number of aliphatic hydroxyl groups is 1. The third-order valence-electron chi connectivity index (χ3n) is 2.64. The summed E-state index contributed by atoms with van der Waals surface area (Å²) < 4.78 is 5.54. The molecule has 0 bridgehead atoms. The van der Waals surface area contributed by atoms with Gasteiger partial charge in [-0.15, -0.1) is 0 Å². The monoisotopic (exact) mass is 201 g/mol. The lowest BCUT2D eigenvalue weighted by Gasteiger charge is -2.19. The van der Waals surface area contributed by atoms with Gasteiger partial charge in [0.25, 0.3) is 0 Å². The number of ether oxygens (including phenoxy) is 1. The highest BCUT2D eigenvalue weighted by Gasteiger charge is 2.31. The summed E-state index contributed by atoms with van der Waals surface area (Å²) in [5, 5.41) is 13.1. The highest BCUT2D eigenvalue weighted by Crippen LogP contribution is 2.18. The van der Waals surface area contributed by atoms with Crippen LogP contribution in [0.2, 0.25) is 0 Å². The van der Waals surface area contributed by atoms with Crippen LogP contribution in [0.4, 0.5) is 0 Å². The summed E-state index contributed by atoms with van der Waals surface area (Å²) in [6.07, 6.45) is 3.80. The molecule has 0 amide bonds. The molecule has 2 N–H and O–H groups in total. The van der Waals surface area contributed by atoms with Crippen molar-refractivity contribution in [3.8, 4) is 0 Å². The zero-order valence-corrected chi connectivity index (χ0v) is 9.55. The third-order valence-corrected chi connectivity index (χ3v) is 2.64. The van der Waals surface area contributed by atoms with Crippen LogP contribution >= 0.6 is 0 Å². The number of nitrogens with one attached hydrogen (secondary N) is 1. The molecule has 1 rings (SSSR count). The molecule has 1 fully saturated rings. The van der Waals surface area contributed by atoms with Crippen molar-refractivity contribution >= 4 is 0 Å². The molecule has 84 valence electrons. The van der Waals surface area contributed by atoms with E-state index in [0.29, 0.717) is 6.04 Å². The fraction of sp³-hybridized carbons (Fsp3) is 1.00. The Hall–Kier alpha value is -0.120. The first-order chi connectivity index (χ1) is 6.53. The van der Waals surface area contributed by atoms with E-state index < -0.39 is 0 Å². The molecule has 3 heteroatoms. The quantitative estimate of drug-likeness (QED) is 0.710. The van der Waals surface area contributed by atoms with Gasteiger partial charge in [-0.25, -0.2) is 0 Å². The minimum absolute atomic E-state index is 0.176. The molecule has 3 nitrogen and oxygen atoms in total. The molecule has 0 saturated carbocycles. The average Bonchev–Trinajstić information content (AvgIpc) is 2.42. The predicted molar refractivity (Wildman–Crippen MR) is 57.1 cm³/mol. The van der Waals surface area contributed by atoms with Crippen molar-refractivity contribution < 1.29 is 9.84 Å². The molecule has 1 aliphatic rings. The van der Waals surface area contributed by atoms with Gasteiger partial charge >= 0.3 is 0 Å². The van der Waals surface area contributed by atoms with Crippen molar-refractivity contribution in [1.82, 2.24) is 5.32 Å². The fourth-order valence-corrected chi connectivity index (χ4v) is 1.90. The van der Waals surface area contributed by atoms with E-state index in [1.165, 1.54) is 0 Å². The van der Waals surface area contributed by atoms with Gasteiger partial charge in [-0.2, -0.15) is 0 Å². The van der Waals surface area contributed by atoms with Crippen molar-refractivity contribution in [2.24, 2.45) is 0 Å². The van der Waals surface area contributed by atoms with E-state index in [1.54, 1.807) is 0 Å². The second-order valence-corrected chi connectivity index (χ2v) is 4.69. The van der Waals surface area contributed by atoms with Gasteiger partial charge in [-0.1, -0.05) is 19.8 Å². The van der Waals surface area contributed by atoms with Crippen molar-refractivity contribution in [1.29, 1.82) is 0 Å². The molecule has 0 radical (unpaired) electrons. The van der Waals surface area contributed by atoms with Crippen LogP contribution in [0.3, 0.4) is 0 Å². The summed E-state index contributed by atoms with van der Waals surface area (Å²) in [6, 6.07) is 0.317. The molecule has 0 aromatic carbocycles. The maximum absolute atomic E-state index is 9.72. The first-order valence-corrected chi connectivity index (χ1v) is 5.63. The first kappa shape index (κ1) is 12.0. The maximum atomic E-state index is 9.72. The number of aliphatic hydroxyl groups excluding tert-OH is 1. The van der Waals surface area contributed by atoms with Gasteiger partial charge in [0, 0.05) is 6.04 Å². The molecule has 1 saturated heterocycles. The Morgan fingerprint density at radius 2 is 2.29 bits per heavy atom. The highest BCUT2D eigenvalue weighted by molar-refractivity contribution is 4.83. The van der Waals surface area contributed by atoms with Gasteiger partial charge in [0.05, 0.1) is 12.7 Å². The lowest BCUT2D eigenvalue weighted by molar-refractivity contribution is 0.0229. The molecule has 1 heterocycles. The minimum Gasteiger partial charge on any atom is -0.393 e. The average molecular weight is 201 g/mol. The molecule has 1 aliphatic heterocycles. The van der Waals surface area contributed by atoms with Crippen LogP contribution in [-0.2, 0) is 4.74 Å². The van der Waals surface area contributed by atoms with E-state index >= 15 is 0 Å². The normalized spacial score (nSPS) is 27.9.